The van der Waals surface area contributed by atoms with Crippen molar-refractivity contribution in [1.82, 2.24) is 15.1 Å². The van der Waals surface area contributed by atoms with E-state index in [-0.39, 0.29) is 29.7 Å². The topological polar surface area (TPSA) is 79.0 Å². The van der Waals surface area contributed by atoms with E-state index < -0.39 is 18.6 Å². The molecule has 0 aliphatic carbocycles. The number of piperazine rings is 1. The van der Waals surface area contributed by atoms with E-state index in [4.69, 9.17) is 0 Å². The third-order valence-electron chi connectivity index (χ3n) is 4.48. The lowest BCUT2D eigenvalue weighted by atomic mass is 10.1. The summed E-state index contributed by atoms with van der Waals surface area (Å²) < 4.78 is 29.6. The first-order valence-corrected chi connectivity index (χ1v) is 8.37. The van der Waals surface area contributed by atoms with Crippen LogP contribution in [0.25, 0.3) is 0 Å². The number of alkyl halides is 2. The molecule has 7 nitrogen and oxygen atoms in total. The molecule has 1 aromatic carbocycles. The quantitative estimate of drug-likeness (QED) is 0.856. The Labute approximate surface area is 148 Å². The number of carbonyl (C=O) groups excluding carboxylic acids is 3. The van der Waals surface area contributed by atoms with Crippen molar-refractivity contribution in [1.29, 1.82) is 0 Å². The number of amides is 3. The van der Waals surface area contributed by atoms with Gasteiger partial charge in [0.05, 0.1) is 12.1 Å². The molecule has 1 aromatic rings. The lowest BCUT2D eigenvalue weighted by Gasteiger charge is -2.32. The Bertz CT molecular complexity index is 713. The number of nitrogens with one attached hydrogen (secondary N) is 1. The zero-order valence-corrected chi connectivity index (χ0v) is 14.0. The summed E-state index contributed by atoms with van der Waals surface area (Å²) >= 11 is 0. The molecule has 2 aliphatic heterocycles. The molecule has 0 radical (unpaired) electrons. The van der Waals surface area contributed by atoms with Crippen LogP contribution in [0, 0.1) is 0 Å². The van der Waals surface area contributed by atoms with Crippen LogP contribution in [0.4, 0.5) is 8.78 Å². The fraction of sp³-hybridized carbons (Fsp3) is 0.471. The van der Waals surface area contributed by atoms with E-state index in [1.807, 2.05) is 0 Å². The second-order valence-electron chi connectivity index (χ2n) is 6.14. The molecule has 26 heavy (non-hydrogen) atoms. The average molecular weight is 367 g/mol. The van der Waals surface area contributed by atoms with E-state index in [1.54, 1.807) is 6.07 Å². The third kappa shape index (κ3) is 3.76. The van der Waals surface area contributed by atoms with Crippen LogP contribution >= 0.6 is 0 Å². The van der Waals surface area contributed by atoms with Crippen molar-refractivity contribution in [3.05, 3.63) is 29.8 Å². The fourth-order valence-corrected chi connectivity index (χ4v) is 3.30. The minimum Gasteiger partial charge on any atom is -0.434 e. The van der Waals surface area contributed by atoms with Crippen molar-refractivity contribution in [3.8, 4) is 5.75 Å². The molecule has 3 amide bonds. The van der Waals surface area contributed by atoms with Crippen molar-refractivity contribution in [2.45, 2.75) is 25.5 Å². The van der Waals surface area contributed by atoms with Gasteiger partial charge in [0.1, 0.15) is 11.8 Å². The van der Waals surface area contributed by atoms with Crippen molar-refractivity contribution in [2.24, 2.45) is 0 Å². The second-order valence-corrected chi connectivity index (χ2v) is 6.14. The molecule has 0 bridgehead atoms. The zero-order valence-electron chi connectivity index (χ0n) is 14.0. The molecule has 2 aliphatic rings. The Balaban J connectivity index is 1.78. The predicted octanol–water partition coefficient (Wildman–Crippen LogP) is 0.851. The summed E-state index contributed by atoms with van der Waals surface area (Å²) in [7, 11) is 0. The summed E-state index contributed by atoms with van der Waals surface area (Å²) in [6.45, 7) is -1.99. The predicted molar refractivity (Wildman–Crippen MR) is 86.7 cm³/mol. The summed E-state index contributed by atoms with van der Waals surface area (Å²) in [5.74, 6) is -1.28. The van der Waals surface area contributed by atoms with Gasteiger partial charge in [-0.2, -0.15) is 8.78 Å². The van der Waals surface area contributed by atoms with Crippen molar-refractivity contribution < 1.29 is 27.9 Å². The second kappa shape index (κ2) is 7.67. The highest BCUT2D eigenvalue weighted by Gasteiger charge is 2.38. The van der Waals surface area contributed by atoms with Gasteiger partial charge in [0.2, 0.25) is 11.8 Å². The zero-order chi connectivity index (χ0) is 18.7. The normalized spacial score (nSPS) is 20.3. The number of nitrogens with zero attached hydrogens (tertiary/aromatic N) is 2. The molecule has 1 N–H and O–H groups in total. The largest absolute Gasteiger partial charge is 0.434 e. The number of ether oxygens (including phenoxy) is 1. The number of carbonyl (C=O) groups is 3. The summed E-state index contributed by atoms with van der Waals surface area (Å²) in [6.07, 6.45) is 1.10. The molecule has 140 valence electrons. The maximum Gasteiger partial charge on any atom is 0.387 e. The van der Waals surface area contributed by atoms with Gasteiger partial charge in [0, 0.05) is 19.6 Å². The van der Waals surface area contributed by atoms with Gasteiger partial charge in [-0.3, -0.25) is 14.4 Å². The molecular weight excluding hydrogens is 348 g/mol. The summed E-state index contributed by atoms with van der Waals surface area (Å²) in [5, 5.41) is 2.64. The van der Waals surface area contributed by atoms with Gasteiger partial charge in [-0.05, 0) is 25.0 Å². The van der Waals surface area contributed by atoms with Gasteiger partial charge < -0.3 is 19.9 Å². The standard InChI is InChI=1S/C17H19F2N3O4/c18-17(19)26-13-6-2-1-4-11(13)15(24)22-8-3-5-12(22)16(25)21-9-7-20-14(23)10-21/h1-2,4,6,12,17H,3,5,7-10H2,(H,20,23). The minimum absolute atomic E-state index is 0.0103. The Morgan fingerprint density at radius 3 is 2.73 bits per heavy atom. The molecule has 9 heteroatoms. The maximum absolute atomic E-state index is 12.9. The smallest absolute Gasteiger partial charge is 0.387 e. The van der Waals surface area contributed by atoms with E-state index in [0.29, 0.717) is 32.5 Å². The number of likely N-dealkylation sites (tertiary alicyclic amines) is 1. The number of hydrogen-bond donors (Lipinski definition) is 1. The molecule has 2 heterocycles. The van der Waals surface area contributed by atoms with Crippen LogP contribution in [0.5, 0.6) is 5.75 Å². The van der Waals surface area contributed by atoms with Gasteiger partial charge in [0.25, 0.3) is 5.91 Å². The van der Waals surface area contributed by atoms with E-state index >= 15 is 0 Å². The average Bonchev–Trinajstić information content (AvgIpc) is 3.10. The molecule has 0 saturated carbocycles. The highest BCUT2D eigenvalue weighted by molar-refractivity contribution is 6.00. The SMILES string of the molecule is O=C1CN(C(=O)C2CCCN2C(=O)c2ccccc2OC(F)F)CCN1. The van der Waals surface area contributed by atoms with E-state index in [9.17, 15) is 23.2 Å². The number of hydrogen-bond acceptors (Lipinski definition) is 4. The van der Waals surface area contributed by atoms with Gasteiger partial charge in [0.15, 0.2) is 0 Å². The van der Waals surface area contributed by atoms with E-state index in [0.717, 1.165) is 0 Å². The Morgan fingerprint density at radius 2 is 2.00 bits per heavy atom. The van der Waals surface area contributed by atoms with Crippen molar-refractivity contribution in [2.75, 3.05) is 26.2 Å². The highest BCUT2D eigenvalue weighted by atomic mass is 19.3. The summed E-state index contributed by atoms with van der Waals surface area (Å²) in [6, 6.07) is 5.03. The van der Waals surface area contributed by atoms with Crippen LogP contribution in [0.2, 0.25) is 0 Å². The minimum atomic E-state index is -3.05. The maximum atomic E-state index is 12.9. The Morgan fingerprint density at radius 1 is 1.23 bits per heavy atom. The van der Waals surface area contributed by atoms with Crippen molar-refractivity contribution >= 4 is 17.7 Å². The van der Waals surface area contributed by atoms with Crippen molar-refractivity contribution in [3.63, 3.8) is 0 Å². The molecule has 3 rings (SSSR count). The number of para-hydroxylation sites is 1. The van der Waals surface area contributed by atoms with Crippen LogP contribution in [0.1, 0.15) is 23.2 Å². The first-order chi connectivity index (χ1) is 12.5. The first kappa shape index (κ1) is 18.1. The van der Waals surface area contributed by atoms with E-state index in [1.165, 1.54) is 28.0 Å². The molecule has 2 fully saturated rings. The van der Waals surface area contributed by atoms with Gasteiger partial charge >= 0.3 is 6.61 Å². The van der Waals surface area contributed by atoms with Crippen LogP contribution in [-0.4, -0.2) is 66.4 Å². The van der Waals surface area contributed by atoms with Crippen LogP contribution in [0.15, 0.2) is 24.3 Å². The molecule has 2 saturated heterocycles. The summed E-state index contributed by atoms with van der Waals surface area (Å²) in [4.78, 5) is 39.9. The van der Waals surface area contributed by atoms with Crippen LogP contribution < -0.4 is 10.1 Å². The van der Waals surface area contributed by atoms with Crippen LogP contribution in [0.3, 0.4) is 0 Å². The number of rotatable bonds is 4. The molecule has 1 atom stereocenters. The molecular formula is C17H19F2N3O4. The molecule has 0 aromatic heterocycles. The Hall–Kier alpha value is -2.71. The monoisotopic (exact) mass is 367 g/mol. The first-order valence-electron chi connectivity index (χ1n) is 8.37. The van der Waals surface area contributed by atoms with E-state index in [2.05, 4.69) is 10.1 Å². The number of halogens is 2. The molecule has 1 unspecified atom stereocenters. The third-order valence-corrected chi connectivity index (χ3v) is 4.48. The van der Waals surface area contributed by atoms with Crippen LogP contribution in [-0.2, 0) is 9.59 Å². The van der Waals surface area contributed by atoms with Gasteiger partial charge in [-0.1, -0.05) is 12.1 Å². The fourth-order valence-electron chi connectivity index (χ4n) is 3.30. The number of benzene rings is 1. The highest BCUT2D eigenvalue weighted by Crippen LogP contribution is 2.27. The lowest BCUT2D eigenvalue weighted by Crippen LogP contribution is -2.55. The van der Waals surface area contributed by atoms with Gasteiger partial charge in [-0.15, -0.1) is 0 Å². The van der Waals surface area contributed by atoms with Gasteiger partial charge in [-0.25, -0.2) is 0 Å². The lowest BCUT2D eigenvalue weighted by molar-refractivity contribution is -0.141. The summed E-state index contributed by atoms with van der Waals surface area (Å²) in [5.41, 5.74) is -0.0103. The Kier molecular flexibility index (Phi) is 5.34. The molecule has 0 spiro atoms.